The van der Waals surface area contributed by atoms with E-state index in [2.05, 4.69) is 30.4 Å². The molecule has 9 heavy (non-hydrogen) atoms. The Hall–Kier alpha value is -0.500. The fourth-order valence-corrected chi connectivity index (χ4v) is 1.01. The number of rotatable bonds is 1. The zero-order valence-corrected chi connectivity index (χ0v) is 6.09. The number of hydrogen-bond donors (Lipinski definition) is 1. The van der Waals surface area contributed by atoms with Crippen LogP contribution in [0.4, 0.5) is 0 Å². The lowest BCUT2D eigenvalue weighted by molar-refractivity contribution is 0.248. The monoisotopic (exact) mass is 126 g/mol. The van der Waals surface area contributed by atoms with Gasteiger partial charge in [0.15, 0.2) is 0 Å². The first kappa shape index (κ1) is 6.62. The summed E-state index contributed by atoms with van der Waals surface area (Å²) in [6.07, 6.45) is 7.18. The van der Waals surface area contributed by atoms with E-state index in [1.807, 2.05) is 6.20 Å². The van der Waals surface area contributed by atoms with Gasteiger partial charge in [0.2, 0.25) is 0 Å². The second-order valence-electron chi connectivity index (χ2n) is 2.63. The highest BCUT2D eigenvalue weighted by molar-refractivity contribution is 4.88. The van der Waals surface area contributed by atoms with Crippen molar-refractivity contribution in [2.75, 3.05) is 14.1 Å². The average Bonchev–Trinajstić information content (AvgIpc) is 1.90. The molecule has 0 fully saturated rings. The predicted octanol–water partition coefficient (Wildman–Crippen LogP) is 0.771. The summed E-state index contributed by atoms with van der Waals surface area (Å²) in [6.45, 7) is 0. The molecule has 52 valence electrons. The van der Waals surface area contributed by atoms with Crippen LogP contribution in [0.25, 0.3) is 0 Å². The van der Waals surface area contributed by atoms with Crippen LogP contribution < -0.4 is 5.32 Å². The van der Waals surface area contributed by atoms with Gasteiger partial charge in [-0.1, -0.05) is 6.08 Å². The number of nitrogens with one attached hydrogen (secondary N) is 1. The molecule has 1 aliphatic rings. The third-order valence-corrected chi connectivity index (χ3v) is 1.64. The number of allylic oxidation sites excluding steroid dienone is 1. The SMILES string of the molecule is CN(C)[C@H]1CCC=CN1. The predicted molar refractivity (Wildman–Crippen MR) is 39.0 cm³/mol. The molecule has 0 saturated carbocycles. The minimum atomic E-state index is 0.551. The van der Waals surface area contributed by atoms with Gasteiger partial charge in [-0.15, -0.1) is 0 Å². The molecule has 0 amide bonds. The summed E-state index contributed by atoms with van der Waals surface area (Å²) in [5.74, 6) is 0. The van der Waals surface area contributed by atoms with Crippen LogP contribution in [0.1, 0.15) is 12.8 Å². The summed E-state index contributed by atoms with van der Waals surface area (Å²) in [6, 6.07) is 0. The Morgan fingerprint density at radius 2 is 2.33 bits per heavy atom. The first-order chi connectivity index (χ1) is 4.30. The molecule has 1 aliphatic heterocycles. The third kappa shape index (κ3) is 1.72. The third-order valence-electron chi connectivity index (χ3n) is 1.64. The summed E-state index contributed by atoms with van der Waals surface area (Å²) in [4.78, 5) is 2.20. The molecule has 0 unspecified atom stereocenters. The van der Waals surface area contributed by atoms with Crippen LogP contribution in [-0.2, 0) is 0 Å². The minimum Gasteiger partial charge on any atom is -0.376 e. The Morgan fingerprint density at radius 3 is 2.67 bits per heavy atom. The largest absolute Gasteiger partial charge is 0.376 e. The van der Waals surface area contributed by atoms with Crippen LogP contribution in [0.2, 0.25) is 0 Å². The van der Waals surface area contributed by atoms with E-state index in [1.54, 1.807) is 0 Å². The van der Waals surface area contributed by atoms with Crippen molar-refractivity contribution in [1.29, 1.82) is 0 Å². The van der Waals surface area contributed by atoms with Crippen LogP contribution in [-0.4, -0.2) is 25.2 Å². The number of nitrogens with zero attached hydrogens (tertiary/aromatic N) is 1. The normalized spacial score (nSPS) is 26.3. The fraction of sp³-hybridized carbons (Fsp3) is 0.714. The molecule has 0 aromatic heterocycles. The topological polar surface area (TPSA) is 15.3 Å². The molecule has 2 heteroatoms. The van der Waals surface area contributed by atoms with Crippen molar-refractivity contribution in [3.8, 4) is 0 Å². The van der Waals surface area contributed by atoms with Gasteiger partial charge >= 0.3 is 0 Å². The van der Waals surface area contributed by atoms with Crippen LogP contribution in [0, 0.1) is 0 Å². The molecule has 0 saturated heterocycles. The van der Waals surface area contributed by atoms with E-state index in [0.717, 1.165) is 0 Å². The maximum Gasteiger partial charge on any atom is 0.0786 e. The van der Waals surface area contributed by atoms with Gasteiger partial charge in [0, 0.05) is 0 Å². The van der Waals surface area contributed by atoms with E-state index in [9.17, 15) is 0 Å². The van der Waals surface area contributed by atoms with Crippen molar-refractivity contribution in [3.63, 3.8) is 0 Å². The highest BCUT2D eigenvalue weighted by Gasteiger charge is 2.09. The van der Waals surface area contributed by atoms with E-state index in [0.29, 0.717) is 6.17 Å². The Bertz CT molecular complexity index is 107. The zero-order chi connectivity index (χ0) is 6.69. The molecule has 0 aromatic carbocycles. The van der Waals surface area contributed by atoms with Crippen molar-refractivity contribution < 1.29 is 0 Å². The quantitative estimate of drug-likeness (QED) is 0.558. The highest BCUT2D eigenvalue weighted by atomic mass is 15.2. The Morgan fingerprint density at radius 1 is 1.56 bits per heavy atom. The zero-order valence-electron chi connectivity index (χ0n) is 6.09. The molecule has 1 N–H and O–H groups in total. The van der Waals surface area contributed by atoms with Gasteiger partial charge in [0.1, 0.15) is 0 Å². The van der Waals surface area contributed by atoms with Crippen LogP contribution in [0.3, 0.4) is 0 Å². The molecule has 0 radical (unpaired) electrons. The van der Waals surface area contributed by atoms with E-state index in [1.165, 1.54) is 12.8 Å². The Kier molecular flexibility index (Phi) is 2.11. The van der Waals surface area contributed by atoms with E-state index in [4.69, 9.17) is 0 Å². The molecule has 0 aromatic rings. The molecule has 0 bridgehead atoms. The smallest absolute Gasteiger partial charge is 0.0786 e. The molecule has 0 aliphatic carbocycles. The first-order valence-electron chi connectivity index (χ1n) is 3.38. The van der Waals surface area contributed by atoms with Crippen LogP contribution >= 0.6 is 0 Å². The molecule has 2 nitrogen and oxygen atoms in total. The van der Waals surface area contributed by atoms with Gasteiger partial charge in [0.25, 0.3) is 0 Å². The van der Waals surface area contributed by atoms with Crippen molar-refractivity contribution in [3.05, 3.63) is 12.3 Å². The minimum absolute atomic E-state index is 0.551. The van der Waals surface area contributed by atoms with Crippen molar-refractivity contribution in [2.24, 2.45) is 0 Å². The van der Waals surface area contributed by atoms with E-state index in [-0.39, 0.29) is 0 Å². The van der Waals surface area contributed by atoms with Crippen molar-refractivity contribution in [2.45, 2.75) is 19.0 Å². The summed E-state index contributed by atoms with van der Waals surface area (Å²) in [7, 11) is 4.19. The summed E-state index contributed by atoms with van der Waals surface area (Å²) < 4.78 is 0. The molecule has 1 heterocycles. The highest BCUT2D eigenvalue weighted by Crippen LogP contribution is 2.04. The number of hydrogen-bond acceptors (Lipinski definition) is 2. The van der Waals surface area contributed by atoms with E-state index >= 15 is 0 Å². The standard InChI is InChI=1S/C7H14N2/c1-9(2)7-5-3-4-6-8-7/h4,6-8H,3,5H2,1-2H3/t7-/m0/s1. The van der Waals surface area contributed by atoms with Gasteiger partial charge in [-0.2, -0.15) is 0 Å². The molecule has 1 atom stereocenters. The molecule has 1 rings (SSSR count). The maximum atomic E-state index is 3.26. The summed E-state index contributed by atoms with van der Waals surface area (Å²) in [5, 5.41) is 3.26. The lowest BCUT2D eigenvalue weighted by Gasteiger charge is -2.26. The summed E-state index contributed by atoms with van der Waals surface area (Å²) >= 11 is 0. The lowest BCUT2D eigenvalue weighted by Crippen LogP contribution is -2.39. The second kappa shape index (κ2) is 2.87. The van der Waals surface area contributed by atoms with E-state index < -0.39 is 0 Å². The van der Waals surface area contributed by atoms with Crippen molar-refractivity contribution in [1.82, 2.24) is 10.2 Å². The first-order valence-corrected chi connectivity index (χ1v) is 3.38. The lowest BCUT2D eigenvalue weighted by atomic mass is 10.2. The van der Waals surface area contributed by atoms with Gasteiger partial charge in [-0.3, -0.25) is 4.90 Å². The fourth-order valence-electron chi connectivity index (χ4n) is 1.01. The van der Waals surface area contributed by atoms with Gasteiger partial charge in [-0.25, -0.2) is 0 Å². The molecular weight excluding hydrogens is 112 g/mol. The second-order valence-corrected chi connectivity index (χ2v) is 2.63. The van der Waals surface area contributed by atoms with Crippen LogP contribution in [0.15, 0.2) is 12.3 Å². The van der Waals surface area contributed by atoms with Gasteiger partial charge < -0.3 is 5.32 Å². The Balaban J connectivity index is 2.35. The Labute approximate surface area is 56.5 Å². The maximum absolute atomic E-state index is 3.26. The van der Waals surface area contributed by atoms with Gasteiger partial charge in [0.05, 0.1) is 6.17 Å². The molecular formula is C7H14N2. The van der Waals surface area contributed by atoms with Crippen LogP contribution in [0.5, 0.6) is 0 Å². The molecule has 0 spiro atoms. The van der Waals surface area contributed by atoms with Gasteiger partial charge in [-0.05, 0) is 33.1 Å². The summed E-state index contributed by atoms with van der Waals surface area (Å²) in [5.41, 5.74) is 0. The van der Waals surface area contributed by atoms with Crippen molar-refractivity contribution >= 4 is 0 Å². The average molecular weight is 126 g/mol.